The highest BCUT2D eigenvalue weighted by molar-refractivity contribution is 6.03. The van der Waals surface area contributed by atoms with E-state index in [1.807, 2.05) is 0 Å². The minimum absolute atomic E-state index is 0.00272. The molecule has 2 rings (SSSR count). The number of nitrogens with zero attached hydrogens (tertiary/aromatic N) is 1. The number of hydrogen-bond donors (Lipinski definition) is 2. The average Bonchev–Trinajstić information content (AvgIpc) is 2.68. The monoisotopic (exact) mass is 235 g/mol. The van der Waals surface area contributed by atoms with Gasteiger partial charge >= 0.3 is 0 Å². The molecule has 88 valence electrons. The van der Waals surface area contributed by atoms with Gasteiger partial charge in [0.25, 0.3) is 5.91 Å². The standard InChI is InChI=1S/C11H10FN3O2/c1-6-4-10(17-15-6)14-11(16)7-2-3-9(13)8(12)5-7/h2-5H,13H2,1H3,(H,14,16). The van der Waals surface area contributed by atoms with Crippen LogP contribution in [0.2, 0.25) is 0 Å². The number of carbonyl (C=O) groups is 1. The molecule has 0 saturated carbocycles. The van der Waals surface area contributed by atoms with E-state index >= 15 is 0 Å². The van der Waals surface area contributed by atoms with Gasteiger partial charge in [0.15, 0.2) is 0 Å². The summed E-state index contributed by atoms with van der Waals surface area (Å²) < 4.78 is 18.0. The van der Waals surface area contributed by atoms with E-state index in [4.69, 9.17) is 10.3 Å². The Bertz CT molecular complexity index is 566. The first-order chi connectivity index (χ1) is 8.06. The molecule has 1 aromatic carbocycles. The van der Waals surface area contributed by atoms with E-state index in [2.05, 4.69) is 10.5 Å². The maximum absolute atomic E-state index is 13.1. The number of aromatic nitrogens is 1. The van der Waals surface area contributed by atoms with Gasteiger partial charge in [0.1, 0.15) is 5.82 Å². The quantitative estimate of drug-likeness (QED) is 0.779. The van der Waals surface area contributed by atoms with Gasteiger partial charge in [-0.25, -0.2) is 4.39 Å². The van der Waals surface area contributed by atoms with Gasteiger partial charge in [-0.05, 0) is 25.1 Å². The molecule has 0 aliphatic heterocycles. The number of amides is 1. The maximum Gasteiger partial charge on any atom is 0.258 e. The van der Waals surface area contributed by atoms with Crippen molar-refractivity contribution < 1.29 is 13.7 Å². The fourth-order valence-corrected chi connectivity index (χ4v) is 1.27. The van der Waals surface area contributed by atoms with Crippen LogP contribution < -0.4 is 11.1 Å². The highest BCUT2D eigenvalue weighted by atomic mass is 19.1. The van der Waals surface area contributed by atoms with Crippen LogP contribution in [0.4, 0.5) is 16.0 Å². The summed E-state index contributed by atoms with van der Waals surface area (Å²) in [4.78, 5) is 11.7. The molecule has 0 saturated heterocycles. The summed E-state index contributed by atoms with van der Waals surface area (Å²) in [5, 5.41) is 6.06. The molecule has 0 aliphatic rings. The van der Waals surface area contributed by atoms with E-state index in [-0.39, 0.29) is 17.1 Å². The molecule has 0 fully saturated rings. The predicted octanol–water partition coefficient (Wildman–Crippen LogP) is 1.96. The lowest BCUT2D eigenvalue weighted by Crippen LogP contribution is -2.11. The van der Waals surface area contributed by atoms with Crippen LogP contribution in [0.25, 0.3) is 0 Å². The van der Waals surface area contributed by atoms with Gasteiger partial charge in [0.05, 0.1) is 11.4 Å². The number of rotatable bonds is 2. The molecule has 0 aliphatic carbocycles. The van der Waals surface area contributed by atoms with Gasteiger partial charge in [0, 0.05) is 11.6 Å². The first kappa shape index (κ1) is 11.1. The lowest BCUT2D eigenvalue weighted by atomic mass is 10.2. The SMILES string of the molecule is Cc1cc(NC(=O)c2ccc(N)c(F)c2)on1. The van der Waals surface area contributed by atoms with E-state index in [1.54, 1.807) is 13.0 Å². The number of nitrogens with one attached hydrogen (secondary N) is 1. The highest BCUT2D eigenvalue weighted by Gasteiger charge is 2.10. The minimum atomic E-state index is -0.633. The third-order valence-corrected chi connectivity index (χ3v) is 2.13. The Hall–Kier alpha value is -2.37. The largest absolute Gasteiger partial charge is 0.396 e. The Kier molecular flexibility index (Phi) is 2.78. The van der Waals surface area contributed by atoms with Crippen molar-refractivity contribution in [1.29, 1.82) is 0 Å². The molecule has 17 heavy (non-hydrogen) atoms. The summed E-state index contributed by atoms with van der Waals surface area (Å²) in [6.07, 6.45) is 0. The van der Waals surface area contributed by atoms with Gasteiger partial charge in [-0.3, -0.25) is 10.1 Å². The smallest absolute Gasteiger partial charge is 0.258 e. The molecule has 0 unspecified atom stereocenters. The second-order valence-corrected chi connectivity index (χ2v) is 3.52. The van der Waals surface area contributed by atoms with Gasteiger partial charge in [0.2, 0.25) is 5.88 Å². The van der Waals surface area contributed by atoms with E-state index in [0.29, 0.717) is 5.69 Å². The fourth-order valence-electron chi connectivity index (χ4n) is 1.27. The van der Waals surface area contributed by atoms with Crippen molar-refractivity contribution in [3.8, 4) is 0 Å². The molecule has 5 nitrogen and oxygen atoms in total. The van der Waals surface area contributed by atoms with Crippen LogP contribution in [0.3, 0.4) is 0 Å². The van der Waals surface area contributed by atoms with Crippen LogP contribution in [0, 0.1) is 12.7 Å². The molecule has 1 aromatic heterocycles. The molecule has 1 amide bonds. The molecule has 0 atom stereocenters. The Labute approximate surface area is 96.4 Å². The summed E-state index contributed by atoms with van der Waals surface area (Å²) in [5.74, 6) is -0.906. The van der Waals surface area contributed by atoms with Crippen molar-refractivity contribution in [2.75, 3.05) is 11.1 Å². The summed E-state index contributed by atoms with van der Waals surface area (Å²) in [6.45, 7) is 1.72. The van der Waals surface area contributed by atoms with Crippen LogP contribution in [-0.4, -0.2) is 11.1 Å². The molecule has 0 radical (unpaired) electrons. The first-order valence-electron chi connectivity index (χ1n) is 4.86. The molecule has 6 heteroatoms. The van der Waals surface area contributed by atoms with E-state index < -0.39 is 11.7 Å². The average molecular weight is 235 g/mol. The third kappa shape index (κ3) is 2.41. The second-order valence-electron chi connectivity index (χ2n) is 3.52. The number of nitrogens with two attached hydrogens (primary N) is 1. The molecule has 2 aromatic rings. The molecular weight excluding hydrogens is 225 g/mol. The van der Waals surface area contributed by atoms with Gasteiger partial charge in [-0.2, -0.15) is 0 Å². The molecule has 0 spiro atoms. The zero-order chi connectivity index (χ0) is 12.4. The molecule has 0 bridgehead atoms. The Morgan fingerprint density at radius 1 is 1.47 bits per heavy atom. The Morgan fingerprint density at radius 2 is 2.24 bits per heavy atom. The van der Waals surface area contributed by atoms with E-state index in [9.17, 15) is 9.18 Å². The molecule has 3 N–H and O–H groups in total. The lowest BCUT2D eigenvalue weighted by Gasteiger charge is -2.02. The van der Waals surface area contributed by atoms with Gasteiger partial charge < -0.3 is 10.3 Å². The van der Waals surface area contributed by atoms with Crippen LogP contribution in [0.15, 0.2) is 28.8 Å². The summed E-state index contributed by atoms with van der Waals surface area (Å²) in [6, 6.07) is 5.38. The summed E-state index contributed by atoms with van der Waals surface area (Å²) in [5.41, 5.74) is 6.11. The molecule has 1 heterocycles. The lowest BCUT2D eigenvalue weighted by molar-refractivity contribution is 0.102. The number of anilines is 2. The van der Waals surface area contributed by atoms with Gasteiger partial charge in [-0.1, -0.05) is 5.16 Å². The highest BCUT2D eigenvalue weighted by Crippen LogP contribution is 2.14. The zero-order valence-corrected chi connectivity index (χ0v) is 9.03. The van der Waals surface area contributed by atoms with Gasteiger partial charge in [-0.15, -0.1) is 0 Å². The topological polar surface area (TPSA) is 81.2 Å². The number of aryl methyl sites for hydroxylation is 1. The number of carbonyl (C=O) groups excluding carboxylic acids is 1. The zero-order valence-electron chi connectivity index (χ0n) is 9.03. The summed E-state index contributed by atoms with van der Waals surface area (Å²) >= 11 is 0. The Balaban J connectivity index is 2.17. The van der Waals surface area contributed by atoms with Crippen molar-refractivity contribution in [3.63, 3.8) is 0 Å². The predicted molar refractivity (Wildman–Crippen MR) is 60.0 cm³/mol. The fraction of sp³-hybridized carbons (Fsp3) is 0.0909. The van der Waals surface area contributed by atoms with Crippen LogP contribution >= 0.6 is 0 Å². The van der Waals surface area contributed by atoms with E-state index in [0.717, 1.165) is 6.07 Å². The van der Waals surface area contributed by atoms with E-state index in [1.165, 1.54) is 12.1 Å². The number of hydrogen-bond acceptors (Lipinski definition) is 4. The maximum atomic E-state index is 13.1. The van der Waals surface area contributed by atoms with Crippen LogP contribution in [0.1, 0.15) is 16.1 Å². The second kappa shape index (κ2) is 4.25. The normalized spacial score (nSPS) is 10.2. The Morgan fingerprint density at radius 3 is 2.82 bits per heavy atom. The van der Waals surface area contributed by atoms with Crippen molar-refractivity contribution in [1.82, 2.24) is 5.16 Å². The van der Waals surface area contributed by atoms with Crippen LogP contribution in [0.5, 0.6) is 0 Å². The minimum Gasteiger partial charge on any atom is -0.396 e. The van der Waals surface area contributed by atoms with Crippen molar-refractivity contribution in [2.45, 2.75) is 6.92 Å². The molecular formula is C11H10FN3O2. The van der Waals surface area contributed by atoms with Crippen molar-refractivity contribution >= 4 is 17.5 Å². The van der Waals surface area contributed by atoms with Crippen molar-refractivity contribution in [2.24, 2.45) is 0 Å². The number of halogens is 1. The van der Waals surface area contributed by atoms with Crippen LogP contribution in [-0.2, 0) is 0 Å². The first-order valence-corrected chi connectivity index (χ1v) is 4.86. The van der Waals surface area contributed by atoms with Crippen molar-refractivity contribution in [3.05, 3.63) is 41.3 Å². The summed E-state index contributed by atoms with van der Waals surface area (Å²) in [7, 11) is 0. The number of benzene rings is 1. The third-order valence-electron chi connectivity index (χ3n) is 2.13. The number of nitrogen functional groups attached to an aromatic ring is 1.